The molecular formula is C12H27N3O. The standard InChI is InChI=1S/C12H27N3O/c1-13-12-5-4-6-15(11-12)8-10-16-9-7-14(2)3/h12-13H,4-11H2,1-3H3. The number of nitrogens with zero attached hydrogens (tertiary/aromatic N) is 2. The molecule has 0 aromatic heterocycles. The van der Waals surface area contributed by atoms with E-state index in [-0.39, 0.29) is 0 Å². The smallest absolute Gasteiger partial charge is 0.0594 e. The van der Waals surface area contributed by atoms with Crippen molar-refractivity contribution in [2.45, 2.75) is 18.9 Å². The maximum absolute atomic E-state index is 5.61. The van der Waals surface area contributed by atoms with Crippen LogP contribution < -0.4 is 5.32 Å². The molecule has 4 nitrogen and oxygen atoms in total. The van der Waals surface area contributed by atoms with Crippen molar-refractivity contribution in [1.29, 1.82) is 0 Å². The molecule has 1 N–H and O–H groups in total. The molecule has 1 aliphatic heterocycles. The summed E-state index contributed by atoms with van der Waals surface area (Å²) in [7, 11) is 6.21. The fourth-order valence-corrected chi connectivity index (χ4v) is 2.04. The van der Waals surface area contributed by atoms with Gasteiger partial charge in [0.2, 0.25) is 0 Å². The maximum Gasteiger partial charge on any atom is 0.0594 e. The van der Waals surface area contributed by atoms with Crippen molar-refractivity contribution in [1.82, 2.24) is 15.1 Å². The second-order valence-corrected chi connectivity index (χ2v) is 4.84. The molecule has 0 radical (unpaired) electrons. The van der Waals surface area contributed by atoms with Crippen molar-refractivity contribution in [3.8, 4) is 0 Å². The fourth-order valence-electron chi connectivity index (χ4n) is 2.04. The molecule has 0 aromatic rings. The predicted molar refractivity (Wildman–Crippen MR) is 67.9 cm³/mol. The summed E-state index contributed by atoms with van der Waals surface area (Å²) in [5.74, 6) is 0. The number of rotatable bonds is 7. The van der Waals surface area contributed by atoms with E-state index in [0.29, 0.717) is 6.04 Å². The van der Waals surface area contributed by atoms with E-state index in [9.17, 15) is 0 Å². The fraction of sp³-hybridized carbons (Fsp3) is 1.00. The van der Waals surface area contributed by atoms with E-state index in [1.165, 1.54) is 25.9 Å². The molecule has 0 spiro atoms. The molecule has 1 unspecified atom stereocenters. The summed E-state index contributed by atoms with van der Waals surface area (Å²) in [6.07, 6.45) is 2.62. The van der Waals surface area contributed by atoms with Crippen LogP contribution in [0.1, 0.15) is 12.8 Å². The number of likely N-dealkylation sites (tertiary alicyclic amines) is 1. The topological polar surface area (TPSA) is 27.7 Å². The zero-order chi connectivity index (χ0) is 11.8. The Morgan fingerprint density at radius 2 is 2.19 bits per heavy atom. The van der Waals surface area contributed by atoms with Crippen LogP contribution >= 0.6 is 0 Å². The Balaban J connectivity index is 1.99. The first-order valence-electron chi connectivity index (χ1n) is 6.34. The largest absolute Gasteiger partial charge is 0.379 e. The summed E-state index contributed by atoms with van der Waals surface area (Å²) in [5.41, 5.74) is 0. The van der Waals surface area contributed by atoms with Gasteiger partial charge in [-0.3, -0.25) is 4.90 Å². The Labute approximate surface area is 99.9 Å². The normalized spacial score (nSPS) is 22.9. The molecule has 1 saturated heterocycles. The number of nitrogens with one attached hydrogen (secondary N) is 1. The van der Waals surface area contributed by atoms with E-state index in [4.69, 9.17) is 4.74 Å². The van der Waals surface area contributed by atoms with Gasteiger partial charge in [0.1, 0.15) is 0 Å². The first-order chi connectivity index (χ1) is 7.72. The molecule has 16 heavy (non-hydrogen) atoms. The zero-order valence-electron chi connectivity index (χ0n) is 11.0. The molecule has 0 aliphatic carbocycles. The SMILES string of the molecule is CNC1CCCN(CCOCCN(C)C)C1. The van der Waals surface area contributed by atoms with Crippen LogP contribution in [-0.4, -0.2) is 76.4 Å². The van der Waals surface area contributed by atoms with Crippen molar-refractivity contribution >= 4 is 0 Å². The highest BCUT2D eigenvalue weighted by Gasteiger charge is 2.17. The maximum atomic E-state index is 5.61. The van der Waals surface area contributed by atoms with E-state index >= 15 is 0 Å². The third-order valence-electron chi connectivity index (χ3n) is 3.15. The average Bonchev–Trinajstić information content (AvgIpc) is 2.28. The van der Waals surface area contributed by atoms with Gasteiger partial charge in [-0.25, -0.2) is 0 Å². The Morgan fingerprint density at radius 1 is 1.38 bits per heavy atom. The van der Waals surface area contributed by atoms with Crippen LogP contribution in [0.5, 0.6) is 0 Å². The Bertz CT molecular complexity index is 176. The van der Waals surface area contributed by atoms with Crippen molar-refractivity contribution in [3.05, 3.63) is 0 Å². The van der Waals surface area contributed by atoms with E-state index in [1.807, 2.05) is 0 Å². The monoisotopic (exact) mass is 229 g/mol. The summed E-state index contributed by atoms with van der Waals surface area (Å²) < 4.78 is 5.61. The van der Waals surface area contributed by atoms with Gasteiger partial charge >= 0.3 is 0 Å². The van der Waals surface area contributed by atoms with Gasteiger partial charge in [0.25, 0.3) is 0 Å². The quantitative estimate of drug-likeness (QED) is 0.633. The number of ether oxygens (including phenoxy) is 1. The third-order valence-corrected chi connectivity index (χ3v) is 3.15. The van der Waals surface area contributed by atoms with Gasteiger partial charge in [-0.1, -0.05) is 0 Å². The Hall–Kier alpha value is -0.160. The molecule has 0 amide bonds. The lowest BCUT2D eigenvalue weighted by Crippen LogP contribution is -2.45. The van der Waals surface area contributed by atoms with E-state index in [0.717, 1.165) is 26.3 Å². The molecule has 96 valence electrons. The first kappa shape index (κ1) is 13.9. The molecule has 1 rings (SSSR count). The van der Waals surface area contributed by atoms with Gasteiger partial charge < -0.3 is 15.0 Å². The van der Waals surface area contributed by atoms with Gasteiger partial charge in [0, 0.05) is 25.7 Å². The molecular weight excluding hydrogens is 202 g/mol. The van der Waals surface area contributed by atoms with Gasteiger partial charge in [0.05, 0.1) is 13.2 Å². The second-order valence-electron chi connectivity index (χ2n) is 4.84. The van der Waals surface area contributed by atoms with Gasteiger partial charge in [-0.05, 0) is 40.5 Å². The van der Waals surface area contributed by atoms with Crippen LogP contribution in [0, 0.1) is 0 Å². The molecule has 0 saturated carbocycles. The third kappa shape index (κ3) is 5.80. The average molecular weight is 229 g/mol. The van der Waals surface area contributed by atoms with E-state index < -0.39 is 0 Å². The lowest BCUT2D eigenvalue weighted by molar-refractivity contribution is 0.0817. The molecule has 1 heterocycles. The van der Waals surface area contributed by atoms with Crippen LogP contribution in [0.4, 0.5) is 0 Å². The Morgan fingerprint density at radius 3 is 2.88 bits per heavy atom. The van der Waals surface area contributed by atoms with Crippen molar-refractivity contribution in [2.24, 2.45) is 0 Å². The van der Waals surface area contributed by atoms with Crippen LogP contribution in [0.3, 0.4) is 0 Å². The van der Waals surface area contributed by atoms with Crippen LogP contribution in [0.15, 0.2) is 0 Å². The minimum Gasteiger partial charge on any atom is -0.379 e. The van der Waals surface area contributed by atoms with Gasteiger partial charge in [0.15, 0.2) is 0 Å². The number of likely N-dealkylation sites (N-methyl/N-ethyl adjacent to an activating group) is 2. The first-order valence-corrected chi connectivity index (χ1v) is 6.34. The van der Waals surface area contributed by atoms with Crippen LogP contribution in [0.2, 0.25) is 0 Å². The van der Waals surface area contributed by atoms with E-state index in [2.05, 4.69) is 36.3 Å². The highest BCUT2D eigenvalue weighted by molar-refractivity contribution is 4.76. The zero-order valence-corrected chi connectivity index (χ0v) is 11.0. The van der Waals surface area contributed by atoms with Crippen molar-refractivity contribution in [2.75, 3.05) is 60.5 Å². The molecule has 0 aromatic carbocycles. The summed E-state index contributed by atoms with van der Waals surface area (Å²) in [4.78, 5) is 4.65. The van der Waals surface area contributed by atoms with Crippen molar-refractivity contribution < 1.29 is 4.74 Å². The molecule has 1 atom stereocenters. The molecule has 1 aliphatic rings. The highest BCUT2D eigenvalue weighted by Crippen LogP contribution is 2.08. The lowest BCUT2D eigenvalue weighted by atomic mass is 10.1. The Kier molecular flexibility index (Phi) is 6.96. The number of hydrogen-bond acceptors (Lipinski definition) is 4. The highest BCUT2D eigenvalue weighted by atomic mass is 16.5. The molecule has 1 fully saturated rings. The van der Waals surface area contributed by atoms with Crippen LogP contribution in [0.25, 0.3) is 0 Å². The van der Waals surface area contributed by atoms with E-state index in [1.54, 1.807) is 0 Å². The predicted octanol–water partition coefficient (Wildman–Crippen LogP) is 0.248. The minimum absolute atomic E-state index is 0.676. The molecule has 4 heteroatoms. The molecule has 0 bridgehead atoms. The lowest BCUT2D eigenvalue weighted by Gasteiger charge is -2.32. The summed E-state index contributed by atoms with van der Waals surface area (Å²) >= 11 is 0. The summed E-state index contributed by atoms with van der Waals surface area (Å²) in [6.45, 7) is 6.20. The van der Waals surface area contributed by atoms with Crippen molar-refractivity contribution in [3.63, 3.8) is 0 Å². The number of piperidine rings is 1. The second kappa shape index (κ2) is 8.01. The summed E-state index contributed by atoms with van der Waals surface area (Å²) in [6, 6.07) is 0.676. The van der Waals surface area contributed by atoms with Gasteiger partial charge in [-0.15, -0.1) is 0 Å². The van der Waals surface area contributed by atoms with Gasteiger partial charge in [-0.2, -0.15) is 0 Å². The minimum atomic E-state index is 0.676. The number of hydrogen-bond donors (Lipinski definition) is 1. The summed E-state index contributed by atoms with van der Waals surface area (Å²) in [5, 5.41) is 3.36. The van der Waals surface area contributed by atoms with Crippen LogP contribution in [-0.2, 0) is 4.74 Å².